The van der Waals surface area contributed by atoms with Gasteiger partial charge in [0.05, 0.1) is 0 Å². The summed E-state index contributed by atoms with van der Waals surface area (Å²) in [5.74, 6) is -2.15. The van der Waals surface area contributed by atoms with E-state index in [0.717, 1.165) is 6.07 Å². The second-order valence-corrected chi connectivity index (χ2v) is 3.07. The maximum absolute atomic E-state index is 13.1. The predicted molar refractivity (Wildman–Crippen MR) is 51.6 cm³/mol. The van der Waals surface area contributed by atoms with Crippen molar-refractivity contribution in [2.24, 2.45) is 0 Å². The van der Waals surface area contributed by atoms with Crippen molar-refractivity contribution in [2.45, 2.75) is 13.3 Å². The Morgan fingerprint density at radius 1 is 1.40 bits per heavy atom. The number of benzene rings is 1. The molecule has 0 radical (unpaired) electrons. The van der Waals surface area contributed by atoms with E-state index in [0.29, 0.717) is 6.61 Å². The summed E-state index contributed by atoms with van der Waals surface area (Å²) < 4.78 is 30.8. The van der Waals surface area contributed by atoms with Crippen LogP contribution in [0.15, 0.2) is 18.2 Å². The fourth-order valence-corrected chi connectivity index (χ4v) is 1.16. The Morgan fingerprint density at radius 3 is 2.80 bits per heavy atom. The van der Waals surface area contributed by atoms with Crippen LogP contribution < -0.4 is 0 Å². The summed E-state index contributed by atoms with van der Waals surface area (Å²) in [5.41, 5.74) is 0.0692. The third kappa shape index (κ3) is 3.40. The molecule has 0 saturated heterocycles. The number of ketones is 1. The highest BCUT2D eigenvalue weighted by Crippen LogP contribution is 2.12. The second kappa shape index (κ2) is 5.56. The van der Waals surface area contributed by atoms with Gasteiger partial charge in [0.25, 0.3) is 0 Å². The van der Waals surface area contributed by atoms with Crippen molar-refractivity contribution >= 4 is 5.78 Å². The molecule has 0 bridgehead atoms. The molecule has 0 aliphatic heterocycles. The molecular weight excluding hydrogens is 202 g/mol. The fraction of sp³-hybridized carbons (Fsp3) is 0.364. The lowest BCUT2D eigenvalue weighted by Gasteiger charge is -2.03. The molecule has 0 N–H and O–H groups in total. The number of carbonyl (C=O) groups excluding carboxylic acids is 1. The summed E-state index contributed by atoms with van der Waals surface area (Å²) in [6, 6.07) is 3.79. The number of ether oxygens (including phenoxy) is 1. The maximum Gasteiger partial charge on any atom is 0.162 e. The van der Waals surface area contributed by atoms with Crippen molar-refractivity contribution in [3.05, 3.63) is 35.4 Å². The Hall–Kier alpha value is -1.29. The Bertz CT molecular complexity index is 350. The van der Waals surface area contributed by atoms with Crippen molar-refractivity contribution in [1.82, 2.24) is 0 Å². The topological polar surface area (TPSA) is 26.3 Å². The predicted octanol–water partition coefficient (Wildman–Crippen LogP) is 2.11. The van der Waals surface area contributed by atoms with Gasteiger partial charge < -0.3 is 4.74 Å². The monoisotopic (exact) mass is 214 g/mol. The Balaban J connectivity index is 2.64. The lowest BCUT2D eigenvalue weighted by Crippen LogP contribution is -2.12. The molecule has 0 spiro atoms. The van der Waals surface area contributed by atoms with Crippen LogP contribution in [0.25, 0.3) is 0 Å². The van der Waals surface area contributed by atoms with Crippen LogP contribution in [0.1, 0.15) is 12.5 Å². The third-order valence-corrected chi connectivity index (χ3v) is 1.89. The molecule has 1 aromatic rings. The first-order chi connectivity index (χ1) is 7.15. The lowest BCUT2D eigenvalue weighted by molar-refractivity contribution is -0.122. The van der Waals surface area contributed by atoms with Crippen LogP contribution in [-0.4, -0.2) is 19.0 Å². The van der Waals surface area contributed by atoms with E-state index in [1.807, 2.05) is 0 Å². The first-order valence-electron chi connectivity index (χ1n) is 4.67. The number of Topliss-reactive ketones (excluding diaryl/α,β-unsaturated/α-hetero) is 1. The number of hydrogen-bond acceptors (Lipinski definition) is 2. The van der Waals surface area contributed by atoms with E-state index in [1.165, 1.54) is 12.1 Å². The highest BCUT2D eigenvalue weighted by molar-refractivity contribution is 5.82. The molecule has 0 aromatic heterocycles. The van der Waals surface area contributed by atoms with Crippen LogP contribution >= 0.6 is 0 Å². The molecule has 0 aliphatic carbocycles. The average Bonchev–Trinajstić information content (AvgIpc) is 2.22. The van der Waals surface area contributed by atoms with Crippen molar-refractivity contribution in [3.63, 3.8) is 0 Å². The van der Waals surface area contributed by atoms with Crippen molar-refractivity contribution in [3.8, 4) is 0 Å². The highest BCUT2D eigenvalue weighted by atomic mass is 19.2. The van der Waals surface area contributed by atoms with E-state index in [2.05, 4.69) is 0 Å². The van der Waals surface area contributed by atoms with E-state index >= 15 is 0 Å². The second-order valence-electron chi connectivity index (χ2n) is 3.07. The van der Waals surface area contributed by atoms with E-state index in [9.17, 15) is 13.6 Å². The van der Waals surface area contributed by atoms with Gasteiger partial charge in [-0.1, -0.05) is 12.1 Å². The average molecular weight is 214 g/mol. The zero-order valence-electron chi connectivity index (χ0n) is 8.43. The minimum absolute atomic E-state index is 0.0630. The van der Waals surface area contributed by atoms with Crippen LogP contribution in [0.5, 0.6) is 0 Å². The van der Waals surface area contributed by atoms with Gasteiger partial charge in [-0.3, -0.25) is 4.79 Å². The third-order valence-electron chi connectivity index (χ3n) is 1.89. The molecule has 1 rings (SSSR count). The van der Waals surface area contributed by atoms with Crippen LogP contribution in [0.4, 0.5) is 8.78 Å². The zero-order chi connectivity index (χ0) is 11.3. The van der Waals surface area contributed by atoms with Crippen molar-refractivity contribution in [2.75, 3.05) is 13.2 Å². The van der Waals surface area contributed by atoms with Gasteiger partial charge in [0, 0.05) is 13.0 Å². The number of carbonyl (C=O) groups is 1. The quantitative estimate of drug-likeness (QED) is 0.750. The summed E-state index contributed by atoms with van der Waals surface area (Å²) >= 11 is 0. The first-order valence-corrected chi connectivity index (χ1v) is 4.67. The summed E-state index contributed by atoms with van der Waals surface area (Å²) in [6.45, 7) is 2.12. The van der Waals surface area contributed by atoms with Gasteiger partial charge in [-0.05, 0) is 18.6 Å². The molecule has 1 aromatic carbocycles. The molecule has 0 saturated carbocycles. The van der Waals surface area contributed by atoms with Crippen LogP contribution in [0.3, 0.4) is 0 Å². The van der Waals surface area contributed by atoms with Crippen molar-refractivity contribution < 1.29 is 18.3 Å². The summed E-state index contributed by atoms with van der Waals surface area (Å²) in [7, 11) is 0. The summed E-state index contributed by atoms with van der Waals surface area (Å²) in [4.78, 5) is 11.2. The van der Waals surface area contributed by atoms with E-state index in [4.69, 9.17) is 4.74 Å². The molecular formula is C11H12F2O2. The molecule has 0 atom stereocenters. The van der Waals surface area contributed by atoms with Crippen molar-refractivity contribution in [1.29, 1.82) is 0 Å². The fourth-order valence-electron chi connectivity index (χ4n) is 1.16. The van der Waals surface area contributed by atoms with Gasteiger partial charge in [-0.15, -0.1) is 0 Å². The van der Waals surface area contributed by atoms with Crippen LogP contribution in [-0.2, 0) is 16.0 Å². The van der Waals surface area contributed by atoms with E-state index < -0.39 is 11.6 Å². The highest BCUT2D eigenvalue weighted by Gasteiger charge is 2.11. The molecule has 15 heavy (non-hydrogen) atoms. The summed E-state index contributed by atoms with van der Waals surface area (Å²) in [5, 5.41) is 0. The Morgan fingerprint density at radius 2 is 2.13 bits per heavy atom. The van der Waals surface area contributed by atoms with Crippen LogP contribution in [0.2, 0.25) is 0 Å². The molecule has 0 heterocycles. The van der Waals surface area contributed by atoms with Crippen LogP contribution in [0, 0.1) is 11.6 Å². The minimum atomic E-state index is -0.956. The van der Waals surface area contributed by atoms with E-state index in [1.54, 1.807) is 6.92 Å². The lowest BCUT2D eigenvalue weighted by atomic mass is 10.1. The van der Waals surface area contributed by atoms with Gasteiger partial charge in [0.1, 0.15) is 6.61 Å². The molecule has 2 nitrogen and oxygen atoms in total. The first kappa shape index (κ1) is 11.8. The number of hydrogen-bond donors (Lipinski definition) is 0. The molecule has 4 heteroatoms. The van der Waals surface area contributed by atoms with Gasteiger partial charge in [-0.25, -0.2) is 8.78 Å². The summed E-state index contributed by atoms with van der Waals surface area (Å²) in [6.07, 6.45) is -0.135. The van der Waals surface area contributed by atoms with Gasteiger partial charge in [0.15, 0.2) is 17.4 Å². The van der Waals surface area contributed by atoms with E-state index in [-0.39, 0.29) is 24.4 Å². The molecule has 0 fully saturated rings. The number of rotatable bonds is 5. The van der Waals surface area contributed by atoms with Gasteiger partial charge in [-0.2, -0.15) is 0 Å². The standard InChI is InChI=1S/C11H12F2O2/c1-2-15-7-9(14)6-8-4-3-5-10(12)11(8)13/h3-5H,2,6-7H2,1H3. The number of halogens is 2. The largest absolute Gasteiger partial charge is 0.374 e. The molecule has 82 valence electrons. The minimum Gasteiger partial charge on any atom is -0.374 e. The zero-order valence-corrected chi connectivity index (χ0v) is 8.43. The molecule has 0 unspecified atom stereocenters. The van der Waals surface area contributed by atoms with Gasteiger partial charge in [0.2, 0.25) is 0 Å². The Kier molecular flexibility index (Phi) is 4.37. The SMILES string of the molecule is CCOCC(=O)Cc1cccc(F)c1F. The molecule has 0 aliphatic rings. The maximum atomic E-state index is 13.1. The smallest absolute Gasteiger partial charge is 0.162 e. The molecule has 0 amide bonds. The Labute approximate surface area is 86.9 Å². The van der Waals surface area contributed by atoms with Gasteiger partial charge >= 0.3 is 0 Å². The normalized spacial score (nSPS) is 10.3.